The molecule has 0 saturated carbocycles. The Hall–Kier alpha value is -1.17. The van der Waals surface area contributed by atoms with Crippen molar-refractivity contribution in [3.63, 3.8) is 0 Å². The van der Waals surface area contributed by atoms with E-state index in [1.807, 2.05) is 0 Å². The molecule has 0 radical (unpaired) electrons. The smallest absolute Gasteiger partial charge is 0.387 e. The van der Waals surface area contributed by atoms with Crippen molar-refractivity contribution in [2.45, 2.75) is 0 Å². The van der Waals surface area contributed by atoms with Gasteiger partial charge in [-0.25, -0.2) is 0 Å². The van der Waals surface area contributed by atoms with E-state index in [9.17, 15) is 10.1 Å². The minimum atomic E-state index is -0.625. The van der Waals surface area contributed by atoms with E-state index in [-0.39, 0.29) is 11.5 Å². The number of hydrogen-bond acceptors (Lipinski definition) is 4. The van der Waals surface area contributed by atoms with Crippen molar-refractivity contribution in [2.24, 2.45) is 0 Å². The molecule has 0 bridgehead atoms. The van der Waals surface area contributed by atoms with Crippen LogP contribution in [0.15, 0.2) is 16.7 Å². The predicted molar refractivity (Wildman–Crippen MR) is 43.0 cm³/mol. The van der Waals surface area contributed by atoms with Gasteiger partial charge >= 0.3 is 5.82 Å². The highest BCUT2D eigenvalue weighted by molar-refractivity contribution is 9.10. The van der Waals surface area contributed by atoms with E-state index in [4.69, 9.17) is 5.73 Å². The summed E-state index contributed by atoms with van der Waals surface area (Å²) in [6.45, 7) is 0. The molecular formula is C5H4BrN3O2. The highest BCUT2D eigenvalue weighted by Gasteiger charge is 2.12. The maximum Gasteiger partial charge on any atom is 0.387 e. The molecular weight excluding hydrogens is 214 g/mol. The Morgan fingerprint density at radius 2 is 2.27 bits per heavy atom. The number of anilines is 1. The summed E-state index contributed by atoms with van der Waals surface area (Å²) in [6.07, 6.45) is 0. The highest BCUT2D eigenvalue weighted by atomic mass is 79.9. The summed E-state index contributed by atoms with van der Waals surface area (Å²) in [5.41, 5.74) is 5.33. The van der Waals surface area contributed by atoms with Crippen LogP contribution < -0.4 is 5.73 Å². The van der Waals surface area contributed by atoms with Crippen LogP contribution in [-0.4, -0.2) is 9.91 Å². The van der Waals surface area contributed by atoms with Crippen molar-refractivity contribution in [3.05, 3.63) is 26.9 Å². The molecule has 58 valence electrons. The van der Waals surface area contributed by atoms with Gasteiger partial charge < -0.3 is 15.8 Å². The topological polar surface area (TPSA) is 82.0 Å². The van der Waals surface area contributed by atoms with Gasteiger partial charge in [-0.2, -0.15) is 0 Å². The zero-order valence-electron chi connectivity index (χ0n) is 5.32. The Kier molecular flexibility index (Phi) is 2.04. The normalized spacial score (nSPS) is 9.55. The second-order valence-corrected chi connectivity index (χ2v) is 2.62. The number of nitro groups is 1. The van der Waals surface area contributed by atoms with Gasteiger partial charge in [-0.1, -0.05) is 0 Å². The second-order valence-electron chi connectivity index (χ2n) is 1.80. The fourth-order valence-corrected chi connectivity index (χ4v) is 0.882. The predicted octanol–water partition coefficient (Wildman–Crippen LogP) is 1.33. The van der Waals surface area contributed by atoms with E-state index in [1.165, 1.54) is 6.07 Å². The molecule has 0 saturated heterocycles. The lowest BCUT2D eigenvalue weighted by molar-refractivity contribution is -0.388. The van der Waals surface area contributed by atoms with Crippen LogP contribution in [0.3, 0.4) is 0 Å². The van der Waals surface area contributed by atoms with Gasteiger partial charge in [0.25, 0.3) is 0 Å². The lowest BCUT2D eigenvalue weighted by Gasteiger charge is -1.94. The monoisotopic (exact) mass is 217 g/mol. The molecule has 0 amide bonds. The number of nitrogens with zero attached hydrogens (tertiary/aromatic N) is 2. The van der Waals surface area contributed by atoms with E-state index in [1.54, 1.807) is 6.07 Å². The maximum atomic E-state index is 10.2. The molecule has 1 heterocycles. The molecule has 0 aromatic carbocycles. The third-order valence-corrected chi connectivity index (χ3v) is 1.49. The standard InChI is InChI=1S/C5H4BrN3O2/c6-4-2-1-3(7)5(8-4)9(10)11/h1-2H,7H2. The Morgan fingerprint density at radius 3 is 2.73 bits per heavy atom. The first-order valence-corrected chi connectivity index (χ1v) is 3.47. The first kappa shape index (κ1) is 7.93. The van der Waals surface area contributed by atoms with Crippen LogP contribution in [0.1, 0.15) is 0 Å². The molecule has 1 aromatic heterocycles. The first-order chi connectivity index (χ1) is 5.11. The van der Waals surface area contributed by atoms with Crippen LogP contribution in [0.4, 0.5) is 11.5 Å². The van der Waals surface area contributed by atoms with E-state index >= 15 is 0 Å². The van der Waals surface area contributed by atoms with Crippen LogP contribution in [0.5, 0.6) is 0 Å². The van der Waals surface area contributed by atoms with Gasteiger partial charge in [0.15, 0.2) is 0 Å². The van der Waals surface area contributed by atoms with Crippen molar-refractivity contribution < 1.29 is 4.92 Å². The van der Waals surface area contributed by atoms with E-state index in [0.29, 0.717) is 4.60 Å². The number of aromatic nitrogens is 1. The summed E-state index contributed by atoms with van der Waals surface area (Å²) < 4.78 is 0.401. The number of halogens is 1. The number of rotatable bonds is 1. The van der Waals surface area contributed by atoms with Crippen LogP contribution in [0.25, 0.3) is 0 Å². The van der Waals surface area contributed by atoms with Gasteiger partial charge in [0.05, 0.1) is 0 Å². The lowest BCUT2D eigenvalue weighted by atomic mass is 10.4. The van der Waals surface area contributed by atoms with E-state index in [0.717, 1.165) is 0 Å². The average Bonchev–Trinajstić information content (AvgIpc) is 1.94. The molecule has 2 N–H and O–H groups in total. The average molecular weight is 218 g/mol. The number of pyridine rings is 1. The summed E-state index contributed by atoms with van der Waals surface area (Å²) in [5, 5.41) is 10.2. The van der Waals surface area contributed by atoms with Gasteiger partial charge in [-0.05, 0) is 22.0 Å². The SMILES string of the molecule is Nc1ccc(Br)nc1[N+](=O)[O-]. The minimum absolute atomic E-state index is 0.0678. The zero-order chi connectivity index (χ0) is 8.43. The largest absolute Gasteiger partial charge is 0.392 e. The molecule has 0 aliphatic carbocycles. The maximum absolute atomic E-state index is 10.2. The molecule has 11 heavy (non-hydrogen) atoms. The van der Waals surface area contributed by atoms with Gasteiger partial charge in [-0.3, -0.25) is 0 Å². The Morgan fingerprint density at radius 1 is 1.64 bits per heavy atom. The molecule has 1 aromatic rings. The van der Waals surface area contributed by atoms with Crippen LogP contribution in [0.2, 0.25) is 0 Å². The van der Waals surface area contributed by atoms with Crippen molar-refractivity contribution in [1.29, 1.82) is 0 Å². The molecule has 6 heteroatoms. The van der Waals surface area contributed by atoms with E-state index < -0.39 is 4.92 Å². The molecule has 5 nitrogen and oxygen atoms in total. The van der Waals surface area contributed by atoms with Crippen LogP contribution in [0, 0.1) is 10.1 Å². The quantitative estimate of drug-likeness (QED) is 0.438. The molecule has 0 unspecified atom stereocenters. The Labute approximate surface area is 70.5 Å². The number of nitrogens with two attached hydrogens (primary N) is 1. The Bertz CT molecular complexity index is 302. The van der Waals surface area contributed by atoms with Gasteiger partial charge in [0.1, 0.15) is 5.69 Å². The molecule has 0 aliphatic heterocycles. The number of nitrogen functional groups attached to an aromatic ring is 1. The molecule has 0 aliphatic rings. The van der Waals surface area contributed by atoms with Gasteiger partial charge in [0.2, 0.25) is 4.60 Å². The van der Waals surface area contributed by atoms with Crippen molar-refractivity contribution in [2.75, 3.05) is 5.73 Å². The van der Waals surface area contributed by atoms with Gasteiger partial charge in [0, 0.05) is 15.9 Å². The van der Waals surface area contributed by atoms with Gasteiger partial charge in [-0.15, -0.1) is 0 Å². The summed E-state index contributed by atoms with van der Waals surface area (Å²) in [5.74, 6) is -0.320. The summed E-state index contributed by atoms with van der Waals surface area (Å²) in [4.78, 5) is 13.2. The zero-order valence-corrected chi connectivity index (χ0v) is 6.91. The fourth-order valence-electron chi connectivity index (χ4n) is 0.582. The summed E-state index contributed by atoms with van der Waals surface area (Å²) >= 11 is 2.99. The molecule has 0 fully saturated rings. The summed E-state index contributed by atoms with van der Waals surface area (Å²) in [6, 6.07) is 2.97. The third-order valence-electron chi connectivity index (χ3n) is 1.04. The summed E-state index contributed by atoms with van der Waals surface area (Å²) in [7, 11) is 0. The minimum Gasteiger partial charge on any atom is -0.392 e. The van der Waals surface area contributed by atoms with E-state index in [2.05, 4.69) is 20.9 Å². The van der Waals surface area contributed by atoms with Crippen molar-refractivity contribution in [3.8, 4) is 0 Å². The van der Waals surface area contributed by atoms with Crippen molar-refractivity contribution >= 4 is 27.4 Å². The van der Waals surface area contributed by atoms with Crippen molar-refractivity contribution in [1.82, 2.24) is 4.98 Å². The van der Waals surface area contributed by atoms with Crippen LogP contribution >= 0.6 is 15.9 Å². The van der Waals surface area contributed by atoms with Crippen LogP contribution in [-0.2, 0) is 0 Å². The highest BCUT2D eigenvalue weighted by Crippen LogP contribution is 2.20. The second kappa shape index (κ2) is 2.83. The molecule has 0 spiro atoms. The Balaban J connectivity index is 3.23. The first-order valence-electron chi connectivity index (χ1n) is 2.67. The third kappa shape index (κ3) is 1.64. The lowest BCUT2D eigenvalue weighted by Crippen LogP contribution is -1.98. The number of hydrogen-bond donors (Lipinski definition) is 1. The molecule has 0 atom stereocenters. The molecule has 1 rings (SSSR count). The fraction of sp³-hybridized carbons (Fsp3) is 0.